The highest BCUT2D eigenvalue weighted by Gasteiger charge is 2.42. The molecule has 0 radical (unpaired) electrons. The van der Waals surface area contributed by atoms with Crippen molar-refractivity contribution in [1.29, 1.82) is 0 Å². The molecule has 5 rings (SSSR count). The van der Waals surface area contributed by atoms with E-state index < -0.39 is 17.9 Å². The Hall–Kier alpha value is -4.41. The number of carbonyl (C=O) groups excluding carboxylic acids is 3. The summed E-state index contributed by atoms with van der Waals surface area (Å²) in [6.45, 7) is 2.58. The molecule has 0 spiro atoms. The number of hydrogen-bond acceptors (Lipinski definition) is 6. The van der Waals surface area contributed by atoms with Crippen LogP contribution in [-0.4, -0.2) is 39.7 Å². The first kappa shape index (κ1) is 31.0. The third kappa shape index (κ3) is 6.71. The van der Waals surface area contributed by atoms with E-state index in [0.29, 0.717) is 28.1 Å². The summed E-state index contributed by atoms with van der Waals surface area (Å²) in [5.74, 6) is -3.10. The molecule has 44 heavy (non-hydrogen) atoms. The third-order valence-electron chi connectivity index (χ3n) is 6.89. The molecule has 1 heterocycles. The van der Waals surface area contributed by atoms with Crippen molar-refractivity contribution < 1.29 is 32.4 Å². The number of fused-ring (bicyclic) bond motifs is 3. The fourth-order valence-corrected chi connectivity index (χ4v) is 5.78. The first-order valence-electron chi connectivity index (χ1n) is 13.5. The molecular weight excluding hydrogens is 613 g/mol. The van der Waals surface area contributed by atoms with Crippen molar-refractivity contribution in [1.82, 2.24) is 4.57 Å². The van der Waals surface area contributed by atoms with E-state index in [9.17, 15) is 27.6 Å². The zero-order valence-electron chi connectivity index (χ0n) is 23.2. The second-order valence-electron chi connectivity index (χ2n) is 9.70. The average molecular weight is 637 g/mol. The van der Waals surface area contributed by atoms with Crippen molar-refractivity contribution in [3.05, 3.63) is 113 Å². The summed E-state index contributed by atoms with van der Waals surface area (Å²) >= 11 is 7.26. The Bertz CT molecular complexity index is 1900. The lowest BCUT2D eigenvalue weighted by atomic mass is 9.99. The zero-order valence-corrected chi connectivity index (χ0v) is 24.8. The number of benzene rings is 4. The monoisotopic (exact) mass is 636 g/mol. The molecule has 0 aliphatic carbocycles. The minimum atomic E-state index is -5.27. The van der Waals surface area contributed by atoms with Gasteiger partial charge in [-0.15, -0.1) is 11.8 Å². The van der Waals surface area contributed by atoms with Crippen LogP contribution < -0.4 is 0 Å². The highest BCUT2D eigenvalue weighted by Crippen LogP contribution is 2.32. The van der Waals surface area contributed by atoms with E-state index in [1.54, 1.807) is 78.9 Å². The van der Waals surface area contributed by atoms with Crippen molar-refractivity contribution in [3.63, 3.8) is 0 Å². The Morgan fingerprint density at radius 2 is 1.45 bits per heavy atom. The number of nitrogens with zero attached hydrogens (tertiary/aromatic N) is 2. The van der Waals surface area contributed by atoms with Gasteiger partial charge in [0.2, 0.25) is 5.78 Å². The Balaban J connectivity index is 1.50. The van der Waals surface area contributed by atoms with Crippen LogP contribution >= 0.6 is 23.4 Å². The highest BCUT2D eigenvalue weighted by atomic mass is 35.5. The Kier molecular flexibility index (Phi) is 9.22. The molecule has 0 saturated heterocycles. The number of aryl methyl sites for hydroxylation is 1. The van der Waals surface area contributed by atoms with Gasteiger partial charge in [0, 0.05) is 67.1 Å². The largest absolute Gasteiger partial charge is 0.493 e. The van der Waals surface area contributed by atoms with Crippen molar-refractivity contribution >= 4 is 68.4 Å². The van der Waals surface area contributed by atoms with E-state index in [1.165, 1.54) is 11.8 Å². The molecule has 0 fully saturated rings. The van der Waals surface area contributed by atoms with E-state index in [-0.39, 0.29) is 29.2 Å². The van der Waals surface area contributed by atoms with Gasteiger partial charge in [0.15, 0.2) is 5.78 Å². The lowest BCUT2D eigenvalue weighted by Crippen LogP contribution is -2.25. The van der Waals surface area contributed by atoms with E-state index in [0.717, 1.165) is 21.3 Å². The van der Waals surface area contributed by atoms with Crippen LogP contribution in [0.25, 0.3) is 21.8 Å². The lowest BCUT2D eigenvalue weighted by molar-refractivity contribution is -0.199. The minimum Gasteiger partial charge on any atom is -0.341 e. The van der Waals surface area contributed by atoms with Crippen molar-refractivity contribution in [2.45, 2.75) is 31.0 Å². The summed E-state index contributed by atoms with van der Waals surface area (Å²) in [5, 5.41) is 5.32. The van der Waals surface area contributed by atoms with Crippen LogP contribution in [0.15, 0.2) is 101 Å². The molecule has 0 saturated carbocycles. The maximum Gasteiger partial charge on any atom is 0.493 e. The third-order valence-corrected chi connectivity index (χ3v) is 8.16. The Morgan fingerprint density at radius 1 is 0.841 bits per heavy atom. The SMILES string of the molecule is CCn1c2ccc(C(=O)/C(CCSc3ccc(Cl)cc3)=N/OC(=O)C(F)(F)F)cc2c2cc(C(=O)c3ccccc3)ccc21. The number of rotatable bonds is 10. The molecule has 0 bridgehead atoms. The smallest absolute Gasteiger partial charge is 0.341 e. The van der Waals surface area contributed by atoms with E-state index in [2.05, 4.69) is 9.99 Å². The first-order chi connectivity index (χ1) is 21.1. The van der Waals surface area contributed by atoms with Crippen LogP contribution in [0.4, 0.5) is 13.2 Å². The van der Waals surface area contributed by atoms with E-state index in [1.807, 2.05) is 23.6 Å². The average Bonchev–Trinajstić information content (AvgIpc) is 3.34. The fraction of sp³-hybridized carbons (Fsp3) is 0.152. The summed E-state index contributed by atoms with van der Waals surface area (Å²) in [6, 6.07) is 26.1. The molecule has 6 nitrogen and oxygen atoms in total. The van der Waals surface area contributed by atoms with Crippen LogP contribution in [0.5, 0.6) is 0 Å². The zero-order chi connectivity index (χ0) is 31.4. The van der Waals surface area contributed by atoms with Gasteiger partial charge in [-0.3, -0.25) is 9.59 Å². The highest BCUT2D eigenvalue weighted by molar-refractivity contribution is 7.99. The van der Waals surface area contributed by atoms with E-state index in [4.69, 9.17) is 11.6 Å². The molecule has 0 atom stereocenters. The summed E-state index contributed by atoms with van der Waals surface area (Å²) in [4.78, 5) is 43.1. The van der Waals surface area contributed by atoms with Gasteiger partial charge >= 0.3 is 12.1 Å². The number of alkyl halides is 3. The molecule has 224 valence electrons. The first-order valence-corrected chi connectivity index (χ1v) is 14.9. The molecule has 0 unspecified atom stereocenters. The number of thioether (sulfide) groups is 1. The molecule has 11 heteroatoms. The summed E-state index contributed by atoms with van der Waals surface area (Å²) < 4.78 is 40.5. The number of halogens is 4. The van der Waals surface area contributed by atoms with Crippen molar-refractivity contribution in [3.8, 4) is 0 Å². The van der Waals surface area contributed by atoms with Crippen molar-refractivity contribution in [2.75, 3.05) is 5.75 Å². The number of oxime groups is 1. The number of Topliss-reactive ketones (excluding diaryl/α,β-unsaturated/α-hetero) is 1. The number of ketones is 2. The van der Waals surface area contributed by atoms with Gasteiger partial charge in [-0.25, -0.2) is 4.79 Å². The Morgan fingerprint density at radius 3 is 2.07 bits per heavy atom. The maximum atomic E-state index is 13.6. The normalized spacial score (nSPS) is 12.1. The number of carbonyl (C=O) groups is 3. The van der Waals surface area contributed by atoms with Gasteiger partial charge in [-0.1, -0.05) is 47.1 Å². The molecule has 0 N–H and O–H groups in total. The van der Waals surface area contributed by atoms with Gasteiger partial charge < -0.3 is 9.40 Å². The minimum absolute atomic E-state index is 0.0816. The molecular formula is C33H24ClF3N2O4S. The van der Waals surface area contributed by atoms with Gasteiger partial charge in [0.05, 0.1) is 0 Å². The molecule has 5 aromatic rings. The fourth-order valence-electron chi connectivity index (χ4n) is 4.80. The van der Waals surface area contributed by atoms with Gasteiger partial charge in [-0.05, 0) is 67.6 Å². The molecule has 0 aliphatic heterocycles. The van der Waals surface area contributed by atoms with Crippen LogP contribution in [-0.2, 0) is 16.2 Å². The van der Waals surface area contributed by atoms with Gasteiger partial charge in [-0.2, -0.15) is 13.2 Å². The van der Waals surface area contributed by atoms with Gasteiger partial charge in [0.1, 0.15) is 5.71 Å². The van der Waals surface area contributed by atoms with E-state index >= 15 is 0 Å². The van der Waals surface area contributed by atoms with Crippen LogP contribution in [0, 0.1) is 0 Å². The molecule has 0 amide bonds. The second-order valence-corrected chi connectivity index (χ2v) is 11.3. The number of aromatic nitrogens is 1. The topological polar surface area (TPSA) is 77.7 Å². The Labute approximate surface area is 259 Å². The van der Waals surface area contributed by atoms with Crippen LogP contribution in [0.3, 0.4) is 0 Å². The maximum absolute atomic E-state index is 13.6. The summed E-state index contributed by atoms with van der Waals surface area (Å²) in [6.07, 6.45) is -5.35. The number of hydrogen-bond donors (Lipinski definition) is 0. The van der Waals surface area contributed by atoms with Gasteiger partial charge in [0.25, 0.3) is 0 Å². The van der Waals surface area contributed by atoms with Crippen LogP contribution in [0.1, 0.15) is 39.6 Å². The van der Waals surface area contributed by atoms with Crippen LogP contribution in [0.2, 0.25) is 5.02 Å². The summed E-state index contributed by atoms with van der Waals surface area (Å²) in [5.41, 5.74) is 2.46. The molecule has 1 aromatic heterocycles. The predicted molar refractivity (Wildman–Crippen MR) is 166 cm³/mol. The lowest BCUT2D eigenvalue weighted by Gasteiger charge is -2.08. The predicted octanol–water partition coefficient (Wildman–Crippen LogP) is 8.53. The quantitative estimate of drug-likeness (QED) is 0.0505. The second kappa shape index (κ2) is 13.1. The summed E-state index contributed by atoms with van der Waals surface area (Å²) in [7, 11) is 0. The molecule has 4 aromatic carbocycles. The standard InChI is InChI=1S/C33H24ClF3N2O4S/c1-2-39-28-14-8-21(30(40)20-6-4-3-5-7-20)18-25(28)26-19-22(9-15-29(26)39)31(41)27(38-43-32(42)33(35,36)37)16-17-44-24-12-10-23(34)11-13-24/h3-15,18-19H,2,16-17H2,1H3/b38-27+. The van der Waals surface area contributed by atoms with Crippen molar-refractivity contribution in [2.24, 2.45) is 5.16 Å². The molecule has 0 aliphatic rings.